The summed E-state index contributed by atoms with van der Waals surface area (Å²) < 4.78 is 24.0. The lowest BCUT2D eigenvalue weighted by Crippen LogP contribution is -2.24. The summed E-state index contributed by atoms with van der Waals surface area (Å²) in [5, 5.41) is 1.08. The number of halogens is 2. The van der Waals surface area contributed by atoms with Crippen LogP contribution in [-0.4, -0.2) is 27.0 Å². The zero-order chi connectivity index (χ0) is 12.9. The van der Waals surface area contributed by atoms with Gasteiger partial charge in [0.05, 0.1) is 16.3 Å². The van der Waals surface area contributed by atoms with Crippen LogP contribution in [0.2, 0.25) is 10.0 Å². The Hall–Kier alpha value is 0.0600. The average molecular weight is 314 g/mol. The molecule has 0 aliphatic rings. The van der Waals surface area contributed by atoms with Gasteiger partial charge in [-0.25, -0.2) is 13.1 Å². The summed E-state index contributed by atoms with van der Waals surface area (Å²) in [4.78, 5) is 0. The van der Waals surface area contributed by atoms with E-state index < -0.39 is 10.0 Å². The number of nitrogens with one attached hydrogen (secondary N) is 1. The molecule has 17 heavy (non-hydrogen) atoms. The number of sulfonamides is 1. The molecule has 0 saturated carbocycles. The fourth-order valence-electron chi connectivity index (χ4n) is 1.12. The normalized spacial score (nSPS) is 11.7. The van der Waals surface area contributed by atoms with Crippen LogP contribution in [0.25, 0.3) is 0 Å². The molecule has 0 saturated heterocycles. The van der Waals surface area contributed by atoms with Crippen molar-refractivity contribution in [2.45, 2.75) is 5.75 Å². The molecule has 7 heteroatoms. The topological polar surface area (TPSA) is 46.2 Å². The Kier molecular flexibility index (Phi) is 6.09. The van der Waals surface area contributed by atoms with Gasteiger partial charge in [0.1, 0.15) is 0 Å². The predicted octanol–water partition coefficient (Wildman–Crippen LogP) is 2.78. The van der Waals surface area contributed by atoms with Crippen molar-refractivity contribution in [1.29, 1.82) is 0 Å². The molecule has 0 aliphatic heterocycles. The van der Waals surface area contributed by atoms with E-state index in [0.717, 1.165) is 17.6 Å². The number of rotatable bonds is 6. The SMILES string of the molecule is CS(=O)(=O)NCCSCc1ccc(Cl)c(Cl)c1. The Morgan fingerprint density at radius 3 is 2.59 bits per heavy atom. The molecule has 0 unspecified atom stereocenters. The molecule has 1 N–H and O–H groups in total. The van der Waals surface area contributed by atoms with Gasteiger partial charge < -0.3 is 0 Å². The van der Waals surface area contributed by atoms with Gasteiger partial charge in [0.2, 0.25) is 10.0 Å². The van der Waals surface area contributed by atoms with Crippen LogP contribution in [0.4, 0.5) is 0 Å². The van der Waals surface area contributed by atoms with E-state index >= 15 is 0 Å². The molecule has 0 radical (unpaired) electrons. The first kappa shape index (κ1) is 15.1. The van der Waals surface area contributed by atoms with Gasteiger partial charge in [-0.05, 0) is 17.7 Å². The van der Waals surface area contributed by atoms with Gasteiger partial charge >= 0.3 is 0 Å². The second-order valence-corrected chi connectivity index (χ2v) is 7.22. The minimum Gasteiger partial charge on any atom is -0.215 e. The van der Waals surface area contributed by atoms with Gasteiger partial charge in [0, 0.05) is 18.1 Å². The van der Waals surface area contributed by atoms with Crippen molar-refractivity contribution in [3.63, 3.8) is 0 Å². The maximum absolute atomic E-state index is 10.8. The maximum Gasteiger partial charge on any atom is 0.208 e. The van der Waals surface area contributed by atoms with E-state index in [-0.39, 0.29) is 0 Å². The molecule has 0 aromatic heterocycles. The Bertz CT molecular complexity index is 477. The summed E-state index contributed by atoms with van der Waals surface area (Å²) in [6.07, 6.45) is 1.15. The lowest BCUT2D eigenvalue weighted by atomic mass is 10.2. The number of hydrogen-bond acceptors (Lipinski definition) is 3. The third-order valence-corrected chi connectivity index (χ3v) is 4.36. The lowest BCUT2D eigenvalue weighted by Gasteiger charge is -2.04. The quantitative estimate of drug-likeness (QED) is 0.821. The molecule has 0 fully saturated rings. The summed E-state index contributed by atoms with van der Waals surface area (Å²) in [5.74, 6) is 1.50. The van der Waals surface area contributed by atoms with Crippen molar-refractivity contribution in [3.05, 3.63) is 33.8 Å². The van der Waals surface area contributed by atoms with Crippen molar-refractivity contribution in [1.82, 2.24) is 4.72 Å². The van der Waals surface area contributed by atoms with E-state index in [1.807, 2.05) is 12.1 Å². The first-order chi connectivity index (χ1) is 7.88. The molecular weight excluding hydrogens is 301 g/mol. The first-order valence-electron chi connectivity index (χ1n) is 4.85. The highest BCUT2D eigenvalue weighted by Crippen LogP contribution is 2.24. The number of benzene rings is 1. The Morgan fingerprint density at radius 1 is 1.29 bits per heavy atom. The van der Waals surface area contributed by atoms with Crippen molar-refractivity contribution < 1.29 is 8.42 Å². The molecule has 1 aromatic rings. The molecular formula is C10H13Cl2NO2S2. The average Bonchev–Trinajstić information content (AvgIpc) is 2.21. The fraction of sp³-hybridized carbons (Fsp3) is 0.400. The van der Waals surface area contributed by atoms with Crippen molar-refractivity contribution in [3.8, 4) is 0 Å². The van der Waals surface area contributed by atoms with Crippen LogP contribution in [0.3, 0.4) is 0 Å². The fourth-order valence-corrected chi connectivity index (χ4v) is 2.85. The summed E-state index contributed by atoms with van der Waals surface area (Å²) in [6.45, 7) is 0.435. The predicted molar refractivity (Wildman–Crippen MR) is 75.5 cm³/mol. The monoisotopic (exact) mass is 313 g/mol. The highest BCUT2D eigenvalue weighted by molar-refractivity contribution is 7.98. The van der Waals surface area contributed by atoms with E-state index in [9.17, 15) is 8.42 Å². The Labute approximate surface area is 116 Å². The van der Waals surface area contributed by atoms with Crippen molar-refractivity contribution in [2.75, 3.05) is 18.6 Å². The van der Waals surface area contributed by atoms with Crippen LogP contribution < -0.4 is 4.72 Å². The highest BCUT2D eigenvalue weighted by atomic mass is 35.5. The molecule has 1 aromatic carbocycles. The van der Waals surface area contributed by atoms with E-state index in [1.54, 1.807) is 17.8 Å². The minimum atomic E-state index is -3.08. The molecule has 1 rings (SSSR count). The van der Waals surface area contributed by atoms with Crippen LogP contribution in [0.5, 0.6) is 0 Å². The Morgan fingerprint density at radius 2 is 2.00 bits per heavy atom. The third kappa shape index (κ3) is 6.52. The van der Waals surface area contributed by atoms with Gasteiger partial charge in [-0.15, -0.1) is 0 Å². The molecule has 96 valence electrons. The molecule has 0 bridgehead atoms. The second-order valence-electron chi connectivity index (χ2n) is 3.47. The second kappa shape index (κ2) is 6.85. The van der Waals surface area contributed by atoms with Crippen LogP contribution >= 0.6 is 35.0 Å². The van der Waals surface area contributed by atoms with E-state index in [2.05, 4.69) is 4.72 Å². The smallest absolute Gasteiger partial charge is 0.208 e. The summed E-state index contributed by atoms with van der Waals surface area (Å²) in [6, 6.07) is 5.49. The maximum atomic E-state index is 10.8. The molecule has 0 atom stereocenters. The molecule has 3 nitrogen and oxygen atoms in total. The third-order valence-electron chi connectivity index (χ3n) is 1.86. The van der Waals surface area contributed by atoms with Crippen molar-refractivity contribution in [2.24, 2.45) is 0 Å². The van der Waals surface area contributed by atoms with Crippen LogP contribution in [0.15, 0.2) is 18.2 Å². The van der Waals surface area contributed by atoms with E-state index in [4.69, 9.17) is 23.2 Å². The number of thioether (sulfide) groups is 1. The minimum absolute atomic E-state index is 0.435. The first-order valence-corrected chi connectivity index (χ1v) is 8.65. The summed E-state index contributed by atoms with van der Waals surface area (Å²) >= 11 is 13.3. The number of hydrogen-bond donors (Lipinski definition) is 1. The van der Waals surface area contributed by atoms with E-state index in [1.165, 1.54) is 0 Å². The van der Waals surface area contributed by atoms with Gasteiger partial charge in [-0.2, -0.15) is 11.8 Å². The summed E-state index contributed by atoms with van der Waals surface area (Å²) in [5.41, 5.74) is 1.07. The zero-order valence-electron chi connectivity index (χ0n) is 9.24. The zero-order valence-corrected chi connectivity index (χ0v) is 12.4. The van der Waals surface area contributed by atoms with Gasteiger partial charge in [-0.3, -0.25) is 0 Å². The standard InChI is InChI=1S/C10H13Cl2NO2S2/c1-17(14,15)13-4-5-16-7-8-2-3-9(11)10(12)6-8/h2-3,6,13H,4-5,7H2,1H3. The summed E-state index contributed by atoms with van der Waals surface area (Å²) in [7, 11) is -3.08. The van der Waals surface area contributed by atoms with Crippen LogP contribution in [-0.2, 0) is 15.8 Å². The Balaban J connectivity index is 2.29. The molecule has 0 heterocycles. The van der Waals surface area contributed by atoms with Gasteiger partial charge in [0.25, 0.3) is 0 Å². The molecule has 0 spiro atoms. The largest absolute Gasteiger partial charge is 0.215 e. The van der Waals surface area contributed by atoms with Gasteiger partial charge in [-0.1, -0.05) is 29.3 Å². The van der Waals surface area contributed by atoms with Crippen molar-refractivity contribution >= 4 is 45.0 Å². The van der Waals surface area contributed by atoms with Crippen LogP contribution in [0.1, 0.15) is 5.56 Å². The van der Waals surface area contributed by atoms with E-state index in [0.29, 0.717) is 22.3 Å². The van der Waals surface area contributed by atoms with Crippen LogP contribution in [0, 0.1) is 0 Å². The lowest BCUT2D eigenvalue weighted by molar-refractivity contribution is 0.590. The van der Waals surface area contributed by atoms with Gasteiger partial charge in [0.15, 0.2) is 0 Å². The molecule has 0 amide bonds. The molecule has 0 aliphatic carbocycles. The highest BCUT2D eigenvalue weighted by Gasteiger charge is 2.01.